The molecule has 0 bridgehead atoms. The molecule has 0 saturated carbocycles. The molecule has 0 aliphatic carbocycles. The van der Waals surface area contributed by atoms with E-state index in [1.54, 1.807) is 60.7 Å². The molecule has 6 heteroatoms. The van der Waals surface area contributed by atoms with Crippen molar-refractivity contribution < 1.29 is 29.3 Å². The van der Waals surface area contributed by atoms with E-state index >= 15 is 0 Å². The quantitative estimate of drug-likeness (QED) is 0.0561. The number of rotatable bonds is 24. The van der Waals surface area contributed by atoms with Gasteiger partial charge in [0.25, 0.3) is 0 Å². The van der Waals surface area contributed by atoms with Gasteiger partial charge in [0.15, 0.2) is 11.6 Å². The van der Waals surface area contributed by atoms with E-state index in [2.05, 4.69) is 13.8 Å². The Morgan fingerprint density at radius 2 is 0.843 bits per heavy atom. The van der Waals surface area contributed by atoms with Gasteiger partial charge in [-0.15, -0.1) is 0 Å². The maximum absolute atomic E-state index is 13.6. The van der Waals surface area contributed by atoms with E-state index < -0.39 is 0 Å². The molecule has 4 rings (SSSR count). The van der Waals surface area contributed by atoms with Crippen LogP contribution in [0.4, 0.5) is 0 Å². The summed E-state index contributed by atoms with van der Waals surface area (Å²) in [5, 5.41) is 22.2. The predicted octanol–water partition coefficient (Wildman–Crippen LogP) is 11.4. The van der Waals surface area contributed by atoms with Crippen LogP contribution >= 0.6 is 0 Å². The highest BCUT2D eigenvalue weighted by Crippen LogP contribution is 2.36. The molecule has 51 heavy (non-hydrogen) atoms. The molecule has 4 aromatic carbocycles. The van der Waals surface area contributed by atoms with Crippen LogP contribution in [0.1, 0.15) is 147 Å². The summed E-state index contributed by atoms with van der Waals surface area (Å²) >= 11 is 0. The Kier molecular flexibility index (Phi) is 16.6. The van der Waals surface area contributed by atoms with Gasteiger partial charge in [-0.1, -0.05) is 152 Å². The van der Waals surface area contributed by atoms with Crippen molar-refractivity contribution in [3.05, 3.63) is 118 Å². The number of hydrogen-bond donors (Lipinski definition) is 2. The molecular formula is C45H56O6. The molecule has 272 valence electrons. The molecule has 0 saturated heterocycles. The van der Waals surface area contributed by atoms with Gasteiger partial charge in [0.2, 0.25) is 0 Å². The van der Waals surface area contributed by atoms with E-state index in [1.165, 1.54) is 63.5 Å². The minimum absolute atomic E-state index is 0.150. The van der Waals surface area contributed by atoms with Crippen LogP contribution in [0.25, 0.3) is 0 Å². The average molecular weight is 693 g/mol. The smallest absolute Gasteiger partial charge is 0.196 e. The van der Waals surface area contributed by atoms with Gasteiger partial charge in [-0.25, -0.2) is 0 Å². The summed E-state index contributed by atoms with van der Waals surface area (Å²) in [4.78, 5) is 27.2. The highest BCUT2D eigenvalue weighted by molar-refractivity contribution is 6.11. The number of aromatic hydroxyl groups is 2. The molecule has 6 nitrogen and oxygen atoms in total. The minimum Gasteiger partial charge on any atom is -0.507 e. The Hall–Kier alpha value is -4.58. The van der Waals surface area contributed by atoms with Crippen molar-refractivity contribution >= 4 is 11.6 Å². The number of hydrogen-bond acceptors (Lipinski definition) is 6. The van der Waals surface area contributed by atoms with Crippen LogP contribution in [0.5, 0.6) is 23.0 Å². The molecule has 0 spiro atoms. The number of phenolic OH excluding ortho intramolecular Hbond substituents is 2. The maximum atomic E-state index is 13.6. The maximum Gasteiger partial charge on any atom is 0.196 e. The summed E-state index contributed by atoms with van der Waals surface area (Å²) < 4.78 is 12.6. The lowest BCUT2D eigenvalue weighted by Crippen LogP contribution is -2.08. The first-order chi connectivity index (χ1) is 24.9. The lowest BCUT2D eigenvalue weighted by Gasteiger charge is -2.18. The number of ketones is 2. The van der Waals surface area contributed by atoms with Gasteiger partial charge in [-0.2, -0.15) is 0 Å². The molecule has 0 unspecified atom stereocenters. The number of carbonyl (C=O) groups is 2. The van der Waals surface area contributed by atoms with Crippen LogP contribution in [0.3, 0.4) is 0 Å². The van der Waals surface area contributed by atoms with Gasteiger partial charge >= 0.3 is 0 Å². The van der Waals surface area contributed by atoms with E-state index in [0.29, 0.717) is 47.0 Å². The van der Waals surface area contributed by atoms with Gasteiger partial charge in [-0.05, 0) is 36.1 Å². The standard InChI is InChI=1S/C45H56O6/c1-3-5-7-9-11-13-21-27-50-42-32-40(46)38(44(48)34-23-17-15-18-24-34)30-36(42)29-37-31-39(45(49)35-25-19-16-20-26-35)41(47)33-43(37)51-28-22-14-12-10-8-6-4-2/h15-20,23-26,30-33,46-47H,3-14,21-22,27-29H2,1-2H3. The number of ether oxygens (including phenoxy) is 2. The van der Waals surface area contributed by atoms with Crippen LogP contribution in [0, 0.1) is 0 Å². The Bertz CT molecular complexity index is 1520. The first-order valence-electron chi connectivity index (χ1n) is 19.1. The van der Waals surface area contributed by atoms with Crippen LogP contribution in [0.2, 0.25) is 0 Å². The van der Waals surface area contributed by atoms with Crippen molar-refractivity contribution in [2.45, 2.75) is 110 Å². The van der Waals surface area contributed by atoms with Crippen LogP contribution in [0.15, 0.2) is 84.9 Å². The number of benzene rings is 4. The third-order valence-corrected chi connectivity index (χ3v) is 9.31. The molecule has 0 heterocycles. The minimum atomic E-state index is -0.297. The van der Waals surface area contributed by atoms with Crippen molar-refractivity contribution in [3.8, 4) is 23.0 Å². The average Bonchev–Trinajstić information content (AvgIpc) is 3.15. The zero-order valence-corrected chi connectivity index (χ0v) is 30.6. The summed E-state index contributed by atoms with van der Waals surface area (Å²) in [5.41, 5.74) is 2.64. The van der Waals surface area contributed by atoms with Crippen molar-refractivity contribution in [1.29, 1.82) is 0 Å². The number of phenols is 2. The highest BCUT2D eigenvalue weighted by Gasteiger charge is 2.22. The molecule has 0 aliphatic rings. The summed E-state index contributed by atoms with van der Waals surface area (Å²) in [5.74, 6) is 0.0600. The first kappa shape index (κ1) is 39.2. The van der Waals surface area contributed by atoms with Crippen molar-refractivity contribution in [1.82, 2.24) is 0 Å². The largest absolute Gasteiger partial charge is 0.507 e. The fourth-order valence-electron chi connectivity index (χ4n) is 6.31. The first-order valence-corrected chi connectivity index (χ1v) is 19.1. The van der Waals surface area contributed by atoms with Gasteiger partial charge < -0.3 is 19.7 Å². The Labute approximate surface area is 304 Å². The fraction of sp³-hybridized carbons (Fsp3) is 0.422. The lowest BCUT2D eigenvalue weighted by atomic mass is 9.94. The van der Waals surface area contributed by atoms with E-state index in [-0.39, 0.29) is 40.6 Å². The Balaban J connectivity index is 1.64. The second-order valence-corrected chi connectivity index (χ2v) is 13.5. The third kappa shape index (κ3) is 12.3. The van der Waals surface area contributed by atoms with E-state index in [1.807, 2.05) is 12.1 Å². The third-order valence-electron chi connectivity index (χ3n) is 9.31. The molecule has 0 atom stereocenters. The van der Waals surface area contributed by atoms with E-state index in [0.717, 1.165) is 38.5 Å². The number of unbranched alkanes of at least 4 members (excludes halogenated alkanes) is 12. The highest BCUT2D eigenvalue weighted by atomic mass is 16.5. The second kappa shape index (κ2) is 21.6. The van der Waals surface area contributed by atoms with Gasteiger partial charge in [-0.3, -0.25) is 9.59 Å². The van der Waals surface area contributed by atoms with Crippen LogP contribution in [-0.2, 0) is 6.42 Å². The zero-order chi connectivity index (χ0) is 36.3. The summed E-state index contributed by atoms with van der Waals surface area (Å²) in [7, 11) is 0. The van der Waals surface area contributed by atoms with Crippen LogP contribution in [-0.4, -0.2) is 35.0 Å². The van der Waals surface area contributed by atoms with Crippen molar-refractivity contribution in [2.75, 3.05) is 13.2 Å². The zero-order valence-electron chi connectivity index (χ0n) is 30.6. The lowest BCUT2D eigenvalue weighted by molar-refractivity contribution is 0.102. The summed E-state index contributed by atoms with van der Waals surface area (Å²) in [6, 6.07) is 24.2. The van der Waals surface area contributed by atoms with E-state index in [4.69, 9.17) is 9.47 Å². The van der Waals surface area contributed by atoms with Gasteiger partial charge in [0.05, 0.1) is 24.3 Å². The fourth-order valence-corrected chi connectivity index (χ4v) is 6.31. The monoisotopic (exact) mass is 692 g/mol. The normalized spacial score (nSPS) is 11.0. The molecule has 0 radical (unpaired) electrons. The predicted molar refractivity (Wildman–Crippen MR) is 206 cm³/mol. The molecule has 0 aromatic heterocycles. The topological polar surface area (TPSA) is 93.1 Å². The van der Waals surface area contributed by atoms with Crippen molar-refractivity contribution in [3.63, 3.8) is 0 Å². The molecule has 0 amide bonds. The van der Waals surface area contributed by atoms with E-state index in [9.17, 15) is 19.8 Å². The molecular weight excluding hydrogens is 636 g/mol. The SMILES string of the molecule is CCCCCCCCCOc1cc(O)c(C(=O)c2ccccc2)cc1Cc1cc(C(=O)c2ccccc2)c(O)cc1OCCCCCCCCC. The summed E-state index contributed by atoms with van der Waals surface area (Å²) in [6.07, 6.45) is 16.3. The van der Waals surface area contributed by atoms with Gasteiger partial charge in [0.1, 0.15) is 23.0 Å². The molecule has 4 aromatic rings. The molecule has 0 fully saturated rings. The molecule has 0 aliphatic heterocycles. The van der Waals surface area contributed by atoms with Gasteiger partial charge in [0, 0.05) is 29.7 Å². The summed E-state index contributed by atoms with van der Waals surface area (Å²) in [6.45, 7) is 5.37. The molecule has 2 N–H and O–H groups in total. The Morgan fingerprint density at radius 1 is 0.490 bits per heavy atom. The number of carbonyl (C=O) groups excluding carboxylic acids is 2. The van der Waals surface area contributed by atoms with Crippen molar-refractivity contribution in [2.24, 2.45) is 0 Å². The Morgan fingerprint density at radius 3 is 1.22 bits per heavy atom. The van der Waals surface area contributed by atoms with Crippen LogP contribution < -0.4 is 9.47 Å². The second-order valence-electron chi connectivity index (χ2n) is 13.5.